The summed E-state index contributed by atoms with van der Waals surface area (Å²) in [6.45, 7) is 15.1. The number of ether oxygens (including phenoxy) is 2. The van der Waals surface area contributed by atoms with E-state index in [1.54, 1.807) is 30.5 Å². The number of allylic oxidation sites excluding steroid dienone is 1. The zero-order chi connectivity index (χ0) is 43.6. The predicted molar refractivity (Wildman–Crippen MR) is 244 cm³/mol. The molecule has 328 valence electrons. The Labute approximate surface area is 366 Å². The van der Waals surface area contributed by atoms with E-state index in [1.165, 1.54) is 46.3 Å². The first-order valence-corrected chi connectivity index (χ1v) is 23.8. The lowest BCUT2D eigenvalue weighted by Gasteiger charge is -2.39. The molecular formula is C46H55N7O7S2. The van der Waals surface area contributed by atoms with Gasteiger partial charge in [0.15, 0.2) is 0 Å². The number of piperazine rings is 1. The van der Waals surface area contributed by atoms with Gasteiger partial charge in [0.2, 0.25) is 0 Å². The molecule has 0 unspecified atom stereocenters. The van der Waals surface area contributed by atoms with Gasteiger partial charge >= 0.3 is 0 Å². The van der Waals surface area contributed by atoms with E-state index in [1.807, 2.05) is 17.4 Å². The molecule has 3 N–H and O–H groups in total. The molecule has 2 aromatic carbocycles. The molecule has 1 amide bonds. The van der Waals surface area contributed by atoms with Crippen LogP contribution in [0.2, 0.25) is 0 Å². The van der Waals surface area contributed by atoms with E-state index in [2.05, 4.69) is 68.9 Å². The number of aromatic nitrogens is 2. The number of amides is 1. The Hall–Kier alpha value is -5.29. The smallest absolute Gasteiger partial charge is 0.293 e. The molecule has 5 heterocycles. The number of rotatable bonds is 14. The second-order valence-corrected chi connectivity index (χ2v) is 20.4. The van der Waals surface area contributed by atoms with E-state index in [-0.39, 0.29) is 28.3 Å². The van der Waals surface area contributed by atoms with Crippen LogP contribution in [-0.2, 0) is 14.8 Å². The van der Waals surface area contributed by atoms with Gasteiger partial charge in [-0.1, -0.05) is 33.3 Å². The molecule has 0 spiro atoms. The van der Waals surface area contributed by atoms with E-state index >= 15 is 0 Å². The predicted octanol–water partition coefficient (Wildman–Crippen LogP) is 9.19. The summed E-state index contributed by atoms with van der Waals surface area (Å²) >= 11 is 1.87. The Bertz CT molecular complexity index is 2590. The van der Waals surface area contributed by atoms with E-state index in [0.717, 1.165) is 75.5 Å². The maximum atomic E-state index is 13.9. The van der Waals surface area contributed by atoms with Crippen LogP contribution in [0, 0.1) is 21.4 Å². The summed E-state index contributed by atoms with van der Waals surface area (Å²) in [5, 5.41) is 18.3. The van der Waals surface area contributed by atoms with Crippen LogP contribution in [0.25, 0.3) is 16.6 Å². The SMILES string of the molecule is CC(C)c1csc(C2=C(CN3CCN(c4ccc(C(=O)NS(=O)(=O)c5ccc(NCC6CCOCC6)c([N+](=O)[O-])c5)c(Oc5cnc6[nH]ccc6c5)c4)CC3)CCC(C)(C)C2)c1. The van der Waals surface area contributed by atoms with Crippen molar-refractivity contribution < 1.29 is 27.6 Å². The number of nitro benzene ring substituents is 1. The maximum Gasteiger partial charge on any atom is 0.293 e. The number of nitro groups is 1. The summed E-state index contributed by atoms with van der Waals surface area (Å²) in [4.78, 5) is 38.6. The highest BCUT2D eigenvalue weighted by molar-refractivity contribution is 7.90. The molecule has 1 aliphatic carbocycles. The van der Waals surface area contributed by atoms with Gasteiger partial charge in [-0.05, 0) is 108 Å². The summed E-state index contributed by atoms with van der Waals surface area (Å²) < 4.78 is 41.2. The number of thiophene rings is 1. The number of nitrogens with zero attached hydrogens (tertiary/aromatic N) is 4. The van der Waals surface area contributed by atoms with Crippen LogP contribution in [0.4, 0.5) is 17.1 Å². The summed E-state index contributed by atoms with van der Waals surface area (Å²) in [6.07, 6.45) is 8.30. The Balaban J connectivity index is 1.00. The Morgan fingerprint density at radius 3 is 2.61 bits per heavy atom. The van der Waals surface area contributed by atoms with Crippen LogP contribution in [0.5, 0.6) is 11.5 Å². The Kier molecular flexibility index (Phi) is 12.7. The van der Waals surface area contributed by atoms with Crippen molar-refractivity contribution in [3.8, 4) is 11.5 Å². The fourth-order valence-electron chi connectivity index (χ4n) is 8.52. The van der Waals surface area contributed by atoms with Crippen molar-refractivity contribution in [2.75, 3.05) is 62.7 Å². The monoisotopic (exact) mass is 881 g/mol. The van der Waals surface area contributed by atoms with Crippen molar-refractivity contribution >= 4 is 60.9 Å². The molecule has 3 aromatic heterocycles. The van der Waals surface area contributed by atoms with Crippen molar-refractivity contribution in [3.63, 3.8) is 0 Å². The summed E-state index contributed by atoms with van der Waals surface area (Å²) in [7, 11) is -4.55. The first kappa shape index (κ1) is 43.4. The number of anilines is 2. The lowest BCUT2D eigenvalue weighted by Crippen LogP contribution is -2.47. The van der Waals surface area contributed by atoms with E-state index in [4.69, 9.17) is 9.47 Å². The second kappa shape index (κ2) is 18.2. The van der Waals surface area contributed by atoms with Crippen LogP contribution in [-0.4, -0.2) is 86.6 Å². The first-order valence-electron chi connectivity index (χ1n) is 21.4. The molecule has 0 saturated carbocycles. The third kappa shape index (κ3) is 9.99. The van der Waals surface area contributed by atoms with Crippen LogP contribution >= 0.6 is 11.3 Å². The number of benzene rings is 2. The number of nitrogens with one attached hydrogen (secondary N) is 3. The van der Waals surface area contributed by atoms with E-state index < -0.39 is 31.4 Å². The zero-order valence-electron chi connectivity index (χ0n) is 35.7. The molecule has 3 aliphatic rings. The van der Waals surface area contributed by atoms with Gasteiger partial charge in [-0.2, -0.15) is 0 Å². The third-order valence-corrected chi connectivity index (χ3v) is 14.7. The fraction of sp³-hybridized carbons (Fsp3) is 0.435. The molecule has 2 aliphatic heterocycles. The van der Waals surface area contributed by atoms with Crippen molar-refractivity contribution in [1.82, 2.24) is 19.6 Å². The van der Waals surface area contributed by atoms with Gasteiger partial charge < -0.3 is 24.7 Å². The fourth-order valence-corrected chi connectivity index (χ4v) is 10.7. The number of aromatic amines is 1. The van der Waals surface area contributed by atoms with Crippen LogP contribution in [0.3, 0.4) is 0 Å². The minimum Gasteiger partial charge on any atom is -0.455 e. The lowest BCUT2D eigenvalue weighted by molar-refractivity contribution is -0.384. The van der Waals surface area contributed by atoms with Crippen molar-refractivity contribution in [2.24, 2.45) is 11.3 Å². The zero-order valence-corrected chi connectivity index (χ0v) is 37.4. The highest BCUT2D eigenvalue weighted by Crippen LogP contribution is 2.45. The normalized spacial score (nSPS) is 17.7. The van der Waals surface area contributed by atoms with Crippen LogP contribution < -0.4 is 19.7 Å². The highest BCUT2D eigenvalue weighted by atomic mass is 32.2. The second-order valence-electron chi connectivity index (χ2n) is 17.8. The maximum absolute atomic E-state index is 13.9. The number of hydrogen-bond donors (Lipinski definition) is 3. The average molecular weight is 882 g/mol. The number of pyridine rings is 1. The van der Waals surface area contributed by atoms with Crippen molar-refractivity contribution in [1.29, 1.82) is 0 Å². The molecule has 0 bridgehead atoms. The topological polar surface area (TPSA) is 172 Å². The van der Waals surface area contributed by atoms with E-state index in [9.17, 15) is 23.3 Å². The van der Waals surface area contributed by atoms with Crippen LogP contribution in [0.1, 0.15) is 86.5 Å². The first-order chi connectivity index (χ1) is 29.7. The molecule has 2 saturated heterocycles. The van der Waals surface area contributed by atoms with Gasteiger partial charge in [-0.25, -0.2) is 18.1 Å². The number of carbonyl (C=O) groups is 1. The van der Waals surface area contributed by atoms with Gasteiger partial charge in [-0.15, -0.1) is 11.3 Å². The molecule has 62 heavy (non-hydrogen) atoms. The van der Waals surface area contributed by atoms with Crippen molar-refractivity contribution in [3.05, 3.63) is 104 Å². The lowest BCUT2D eigenvalue weighted by atomic mass is 9.73. The minimum atomic E-state index is -4.55. The summed E-state index contributed by atoms with van der Waals surface area (Å²) in [6, 6.07) is 14.7. The molecule has 2 fully saturated rings. The quantitative estimate of drug-likeness (QED) is 0.0717. The van der Waals surface area contributed by atoms with Gasteiger partial charge in [0.25, 0.3) is 21.6 Å². The van der Waals surface area contributed by atoms with Gasteiger partial charge in [0.1, 0.15) is 22.8 Å². The van der Waals surface area contributed by atoms with Crippen LogP contribution in [0.15, 0.2) is 82.8 Å². The molecule has 14 nitrogen and oxygen atoms in total. The van der Waals surface area contributed by atoms with E-state index in [0.29, 0.717) is 37.1 Å². The Morgan fingerprint density at radius 2 is 1.87 bits per heavy atom. The minimum absolute atomic E-state index is 0.0248. The van der Waals surface area contributed by atoms with Gasteiger partial charge in [0, 0.05) is 86.8 Å². The molecular weight excluding hydrogens is 827 g/mol. The number of carbonyl (C=O) groups excluding carboxylic acids is 1. The number of sulfonamides is 1. The molecule has 8 rings (SSSR count). The summed E-state index contributed by atoms with van der Waals surface area (Å²) in [5.74, 6) is 0.341. The number of hydrogen-bond acceptors (Lipinski definition) is 12. The molecule has 0 atom stereocenters. The molecule has 16 heteroatoms. The third-order valence-electron chi connectivity index (χ3n) is 12.4. The highest BCUT2D eigenvalue weighted by Gasteiger charge is 2.31. The van der Waals surface area contributed by atoms with Crippen molar-refractivity contribution in [2.45, 2.75) is 70.6 Å². The standard InChI is InChI=1S/C46H55N7O7S2/c1-30(2)34-22-43(61-29-34)39-25-46(3,4)13-9-33(39)28-51-15-17-52(18-16-51)35-5-7-38(42(23-35)60-36-21-32-10-14-47-44(32)49-27-36)45(54)50-62(57,58)37-6-8-40(41(24-37)53(55)56)48-26-31-11-19-59-20-12-31/h5-8,10,14,21-24,27,29-31,48H,9,11-13,15-20,25-26,28H2,1-4H3,(H,47,49)(H,50,54). The molecule has 5 aromatic rings. The average Bonchev–Trinajstić information content (AvgIpc) is 3.95. The van der Waals surface area contributed by atoms with Gasteiger partial charge in [-0.3, -0.25) is 19.8 Å². The summed E-state index contributed by atoms with van der Waals surface area (Å²) in [5.41, 5.74) is 5.98. The number of fused-ring (bicyclic) bond motifs is 1. The van der Waals surface area contributed by atoms with Gasteiger partial charge in [0.05, 0.1) is 21.6 Å². The largest absolute Gasteiger partial charge is 0.455 e. The molecule has 0 radical (unpaired) electrons. The Morgan fingerprint density at radius 1 is 1.08 bits per heavy atom. The number of H-pyrrole nitrogens is 1.